The minimum atomic E-state index is -0.555. The van der Waals surface area contributed by atoms with E-state index in [1.54, 1.807) is 0 Å². The van der Waals surface area contributed by atoms with Crippen molar-refractivity contribution in [1.82, 2.24) is 4.90 Å². The zero-order valence-electron chi connectivity index (χ0n) is 25.4. The number of nitrogens with zero attached hydrogens (tertiary/aromatic N) is 1. The Kier molecular flexibility index (Phi) is 9.27. The topological polar surface area (TPSA) is 67.9 Å². The SMILES string of the molecule is CC(=O)O[C@@H](CN(Cc1ccccc1)C1(C)Cc2cc(C)c(C)cc2C1)c1ccc(OCc2ccccc2)c(NC=O)c1. The molecule has 6 heteroatoms. The fourth-order valence-corrected chi connectivity index (χ4v) is 6.05. The molecule has 0 saturated carbocycles. The number of nitrogens with one attached hydrogen (secondary N) is 1. The highest BCUT2D eigenvalue weighted by atomic mass is 16.5. The maximum absolute atomic E-state index is 12.4. The monoisotopic (exact) mass is 576 g/mol. The second kappa shape index (κ2) is 13.3. The number of hydrogen-bond donors (Lipinski definition) is 1. The summed E-state index contributed by atoms with van der Waals surface area (Å²) in [6.45, 7) is 9.65. The number of carbonyl (C=O) groups excluding carboxylic acids is 2. The summed E-state index contributed by atoms with van der Waals surface area (Å²) in [4.78, 5) is 26.4. The van der Waals surface area contributed by atoms with Crippen molar-refractivity contribution in [2.24, 2.45) is 0 Å². The first-order valence-electron chi connectivity index (χ1n) is 14.8. The van der Waals surface area contributed by atoms with Gasteiger partial charge in [0.05, 0.1) is 5.69 Å². The Labute approximate surface area is 254 Å². The molecule has 0 spiro atoms. The average Bonchev–Trinajstić information content (AvgIpc) is 3.32. The molecule has 1 aliphatic carbocycles. The molecule has 5 rings (SSSR count). The molecule has 0 unspecified atom stereocenters. The normalized spacial score (nSPS) is 14.2. The van der Waals surface area contributed by atoms with Gasteiger partial charge in [0.15, 0.2) is 0 Å². The number of carbonyl (C=O) groups is 2. The molecule has 0 aliphatic heterocycles. The Balaban J connectivity index is 1.46. The number of aryl methyl sites for hydroxylation is 2. The number of anilines is 1. The van der Waals surface area contributed by atoms with Gasteiger partial charge in [-0.05, 0) is 84.7 Å². The minimum absolute atomic E-state index is 0.181. The van der Waals surface area contributed by atoms with E-state index in [4.69, 9.17) is 9.47 Å². The second-order valence-corrected chi connectivity index (χ2v) is 11.8. The van der Waals surface area contributed by atoms with Crippen LogP contribution in [0.25, 0.3) is 0 Å². The first kappa shape index (κ1) is 30.1. The number of ether oxygens (including phenoxy) is 2. The Bertz CT molecular complexity index is 1540. The van der Waals surface area contributed by atoms with Crippen LogP contribution in [-0.2, 0) is 40.3 Å². The van der Waals surface area contributed by atoms with Crippen LogP contribution in [0.1, 0.15) is 58.9 Å². The number of hydrogen-bond acceptors (Lipinski definition) is 5. The van der Waals surface area contributed by atoms with Crippen LogP contribution in [0.3, 0.4) is 0 Å². The van der Waals surface area contributed by atoms with Crippen molar-refractivity contribution in [1.29, 1.82) is 0 Å². The third kappa shape index (κ3) is 7.33. The number of esters is 1. The first-order chi connectivity index (χ1) is 20.7. The fraction of sp³-hybridized carbons (Fsp3) is 0.297. The van der Waals surface area contributed by atoms with Crippen LogP contribution in [0, 0.1) is 13.8 Å². The van der Waals surface area contributed by atoms with Gasteiger partial charge in [-0.3, -0.25) is 14.5 Å². The van der Waals surface area contributed by atoms with Gasteiger partial charge in [0, 0.05) is 25.6 Å². The summed E-state index contributed by atoms with van der Waals surface area (Å²) in [6, 6.07) is 30.5. The predicted molar refractivity (Wildman–Crippen MR) is 170 cm³/mol. The third-order valence-electron chi connectivity index (χ3n) is 8.46. The standard InChI is InChI=1S/C37H40N2O4/c1-26-17-32-20-37(4,21-33(32)18-27(26)2)39(22-29-11-7-5-8-12-29)23-36(43-28(3)41)31-15-16-35(34(19-31)38-25-40)42-24-30-13-9-6-10-14-30/h5-19,25,36H,20-24H2,1-4H3,(H,38,40)/t36-/m0/s1. The lowest BCUT2D eigenvalue weighted by molar-refractivity contribution is -0.148. The third-order valence-corrected chi connectivity index (χ3v) is 8.46. The highest BCUT2D eigenvalue weighted by Gasteiger charge is 2.40. The van der Waals surface area contributed by atoms with Gasteiger partial charge in [-0.1, -0.05) is 78.9 Å². The van der Waals surface area contributed by atoms with Crippen LogP contribution in [0.15, 0.2) is 91.0 Å². The van der Waals surface area contributed by atoms with Gasteiger partial charge in [-0.15, -0.1) is 0 Å². The summed E-state index contributed by atoms with van der Waals surface area (Å²) >= 11 is 0. The van der Waals surface area contributed by atoms with Gasteiger partial charge < -0.3 is 14.8 Å². The average molecular weight is 577 g/mol. The minimum Gasteiger partial charge on any atom is -0.487 e. The van der Waals surface area contributed by atoms with Crippen LogP contribution < -0.4 is 10.1 Å². The maximum atomic E-state index is 12.4. The first-order valence-corrected chi connectivity index (χ1v) is 14.8. The molecule has 0 radical (unpaired) electrons. The molecule has 0 fully saturated rings. The van der Waals surface area contributed by atoms with Crippen molar-refractivity contribution in [2.75, 3.05) is 11.9 Å². The molecular weight excluding hydrogens is 536 g/mol. The molecule has 4 aromatic carbocycles. The van der Waals surface area contributed by atoms with Gasteiger partial charge in [0.1, 0.15) is 18.5 Å². The summed E-state index contributed by atoms with van der Waals surface area (Å²) in [5.74, 6) is 0.191. The zero-order chi connectivity index (χ0) is 30.4. The van der Waals surface area contributed by atoms with Gasteiger partial charge >= 0.3 is 5.97 Å². The molecule has 43 heavy (non-hydrogen) atoms. The Morgan fingerprint density at radius 3 is 2.09 bits per heavy atom. The fourth-order valence-electron chi connectivity index (χ4n) is 6.05. The van der Waals surface area contributed by atoms with E-state index >= 15 is 0 Å². The lowest BCUT2D eigenvalue weighted by atomic mass is 9.93. The molecule has 222 valence electrons. The van der Waals surface area contributed by atoms with E-state index in [0.717, 1.165) is 24.0 Å². The summed E-state index contributed by atoms with van der Waals surface area (Å²) in [6.07, 6.45) is 1.90. The van der Waals surface area contributed by atoms with E-state index in [1.165, 1.54) is 34.7 Å². The highest BCUT2D eigenvalue weighted by Crippen LogP contribution is 2.39. The van der Waals surface area contributed by atoms with Crippen molar-refractivity contribution in [2.45, 2.75) is 65.3 Å². The largest absolute Gasteiger partial charge is 0.487 e. The summed E-state index contributed by atoms with van der Waals surface area (Å²) in [7, 11) is 0. The molecule has 0 bridgehead atoms. The highest BCUT2D eigenvalue weighted by molar-refractivity contribution is 5.76. The van der Waals surface area contributed by atoms with Crippen molar-refractivity contribution in [3.8, 4) is 5.75 Å². The van der Waals surface area contributed by atoms with Crippen LogP contribution in [0.2, 0.25) is 0 Å². The van der Waals surface area contributed by atoms with Gasteiger partial charge in [0.2, 0.25) is 6.41 Å². The Morgan fingerprint density at radius 1 is 0.907 bits per heavy atom. The second-order valence-electron chi connectivity index (χ2n) is 11.8. The molecule has 1 atom stereocenters. The molecule has 1 aliphatic rings. The van der Waals surface area contributed by atoms with Crippen LogP contribution in [-0.4, -0.2) is 29.4 Å². The molecule has 1 amide bonds. The predicted octanol–water partition coefficient (Wildman–Crippen LogP) is 7.11. The zero-order valence-corrected chi connectivity index (χ0v) is 25.4. The van der Waals surface area contributed by atoms with E-state index in [2.05, 4.69) is 67.4 Å². The number of fused-ring (bicyclic) bond motifs is 1. The summed E-state index contributed by atoms with van der Waals surface area (Å²) in [5, 5.41) is 2.78. The van der Waals surface area contributed by atoms with Crippen LogP contribution in [0.5, 0.6) is 5.75 Å². The smallest absolute Gasteiger partial charge is 0.303 e. The van der Waals surface area contributed by atoms with E-state index in [0.29, 0.717) is 37.5 Å². The van der Waals surface area contributed by atoms with Crippen LogP contribution in [0.4, 0.5) is 5.69 Å². The van der Waals surface area contributed by atoms with Gasteiger partial charge in [-0.2, -0.15) is 0 Å². The maximum Gasteiger partial charge on any atom is 0.303 e. The van der Waals surface area contributed by atoms with Crippen LogP contribution >= 0.6 is 0 Å². The lowest BCUT2D eigenvalue weighted by Gasteiger charge is -2.40. The van der Waals surface area contributed by atoms with Crippen molar-refractivity contribution < 1.29 is 19.1 Å². The quantitative estimate of drug-likeness (QED) is 0.144. The van der Waals surface area contributed by atoms with E-state index in [1.807, 2.05) is 54.6 Å². The molecule has 6 nitrogen and oxygen atoms in total. The molecular formula is C37H40N2O4. The summed E-state index contributed by atoms with van der Waals surface area (Å²) in [5.41, 5.74) is 8.72. The van der Waals surface area contributed by atoms with Gasteiger partial charge in [0.25, 0.3) is 0 Å². The lowest BCUT2D eigenvalue weighted by Crippen LogP contribution is -2.48. The Morgan fingerprint density at radius 2 is 1.51 bits per heavy atom. The molecule has 4 aromatic rings. The molecule has 0 aromatic heterocycles. The molecule has 0 saturated heterocycles. The Hall–Kier alpha value is -4.42. The number of amides is 1. The van der Waals surface area contributed by atoms with Crippen molar-refractivity contribution in [3.63, 3.8) is 0 Å². The molecule has 1 N–H and O–H groups in total. The van der Waals surface area contributed by atoms with E-state index in [-0.39, 0.29) is 11.5 Å². The summed E-state index contributed by atoms with van der Waals surface area (Å²) < 4.78 is 12.1. The van der Waals surface area contributed by atoms with Crippen molar-refractivity contribution >= 4 is 18.1 Å². The number of rotatable bonds is 12. The van der Waals surface area contributed by atoms with E-state index in [9.17, 15) is 9.59 Å². The van der Waals surface area contributed by atoms with E-state index < -0.39 is 6.10 Å². The van der Waals surface area contributed by atoms with Gasteiger partial charge in [-0.25, -0.2) is 0 Å². The van der Waals surface area contributed by atoms with Crippen molar-refractivity contribution in [3.05, 3.63) is 130 Å². The molecule has 0 heterocycles. The number of benzene rings is 4.